The van der Waals surface area contributed by atoms with Crippen molar-refractivity contribution in [2.75, 3.05) is 27.3 Å². The third-order valence-electron chi connectivity index (χ3n) is 2.23. The number of hydrogen-bond acceptors (Lipinski definition) is 4. The highest BCUT2D eigenvalue weighted by Crippen LogP contribution is 2.19. The minimum absolute atomic E-state index is 0.135. The summed E-state index contributed by atoms with van der Waals surface area (Å²) in [6.45, 7) is 0.331. The number of aliphatic hydroxyl groups is 1. The summed E-state index contributed by atoms with van der Waals surface area (Å²) in [5.74, 6) is -0.302. The first kappa shape index (κ1) is 15.4. The first-order valence-corrected chi connectivity index (χ1v) is 6.36. The van der Waals surface area contributed by atoms with Gasteiger partial charge in [0.25, 0.3) is 5.91 Å². The predicted molar refractivity (Wildman–Crippen MR) is 71.8 cm³/mol. The van der Waals surface area contributed by atoms with Gasteiger partial charge in [-0.05, 0) is 22.0 Å². The van der Waals surface area contributed by atoms with E-state index in [4.69, 9.17) is 16.3 Å². The number of carbonyl (C=O) groups is 1. The standard InChI is InChI=1S/C11H14BrClN2O3/c1-15(5-8(16)6-18-2)11(17)9-3-7(12)4-14-10(9)13/h3-4,8,16H,5-6H2,1-2H3/t8-/m0/s1. The van der Waals surface area contributed by atoms with Crippen molar-refractivity contribution in [2.45, 2.75) is 6.10 Å². The molecule has 0 fully saturated rings. The van der Waals surface area contributed by atoms with Crippen LogP contribution in [0.4, 0.5) is 0 Å². The summed E-state index contributed by atoms with van der Waals surface area (Å²) in [5, 5.41) is 9.70. The molecule has 0 spiro atoms. The topological polar surface area (TPSA) is 62.7 Å². The van der Waals surface area contributed by atoms with Gasteiger partial charge in [0, 0.05) is 31.4 Å². The van der Waals surface area contributed by atoms with Gasteiger partial charge in [-0.2, -0.15) is 0 Å². The van der Waals surface area contributed by atoms with E-state index in [1.165, 1.54) is 18.2 Å². The van der Waals surface area contributed by atoms with E-state index in [-0.39, 0.29) is 29.8 Å². The van der Waals surface area contributed by atoms with Crippen LogP contribution in [0.1, 0.15) is 10.4 Å². The zero-order valence-electron chi connectivity index (χ0n) is 10.1. The Morgan fingerprint density at radius 2 is 2.39 bits per heavy atom. The van der Waals surface area contributed by atoms with E-state index in [2.05, 4.69) is 20.9 Å². The summed E-state index contributed by atoms with van der Waals surface area (Å²) < 4.78 is 5.47. The Bertz CT molecular complexity index is 431. The van der Waals surface area contributed by atoms with Crippen LogP contribution in [0, 0.1) is 0 Å². The monoisotopic (exact) mass is 336 g/mol. The number of aliphatic hydroxyl groups excluding tert-OH is 1. The Morgan fingerprint density at radius 1 is 1.72 bits per heavy atom. The van der Waals surface area contributed by atoms with Gasteiger partial charge >= 0.3 is 0 Å². The van der Waals surface area contributed by atoms with Gasteiger partial charge in [0.1, 0.15) is 5.15 Å². The molecule has 1 heterocycles. The van der Waals surface area contributed by atoms with Gasteiger partial charge in [0.2, 0.25) is 0 Å². The maximum absolute atomic E-state index is 12.1. The van der Waals surface area contributed by atoms with Gasteiger partial charge in [0.05, 0.1) is 18.3 Å². The second kappa shape index (κ2) is 7.04. The van der Waals surface area contributed by atoms with Crippen LogP contribution in [-0.2, 0) is 4.74 Å². The normalized spacial score (nSPS) is 12.3. The molecule has 0 aliphatic heterocycles. The van der Waals surface area contributed by atoms with Crippen molar-refractivity contribution >= 4 is 33.4 Å². The van der Waals surface area contributed by atoms with E-state index >= 15 is 0 Å². The molecule has 1 rings (SSSR count). The van der Waals surface area contributed by atoms with E-state index in [1.54, 1.807) is 13.1 Å². The molecule has 1 atom stereocenters. The zero-order valence-corrected chi connectivity index (χ0v) is 12.4. The number of pyridine rings is 1. The van der Waals surface area contributed by atoms with E-state index in [0.29, 0.717) is 4.47 Å². The van der Waals surface area contributed by atoms with Crippen molar-refractivity contribution in [3.05, 3.63) is 27.5 Å². The molecule has 1 aromatic heterocycles. The van der Waals surface area contributed by atoms with E-state index in [1.807, 2.05) is 0 Å². The molecule has 0 saturated heterocycles. The first-order chi connectivity index (χ1) is 8.45. The molecule has 100 valence electrons. The molecular weight excluding hydrogens is 323 g/mol. The summed E-state index contributed by atoms with van der Waals surface area (Å²) in [4.78, 5) is 17.3. The van der Waals surface area contributed by atoms with E-state index in [9.17, 15) is 9.90 Å². The summed E-state index contributed by atoms with van der Waals surface area (Å²) in [6, 6.07) is 1.59. The highest BCUT2D eigenvalue weighted by molar-refractivity contribution is 9.10. The molecule has 7 heteroatoms. The van der Waals surface area contributed by atoms with Crippen LogP contribution in [0.2, 0.25) is 5.15 Å². The maximum Gasteiger partial charge on any atom is 0.256 e. The second-order valence-electron chi connectivity index (χ2n) is 3.79. The van der Waals surface area contributed by atoms with Crippen LogP contribution in [0.25, 0.3) is 0 Å². The Morgan fingerprint density at radius 3 is 3.00 bits per heavy atom. The fourth-order valence-electron chi connectivity index (χ4n) is 1.42. The highest BCUT2D eigenvalue weighted by Gasteiger charge is 2.18. The molecule has 0 aliphatic rings. The number of amides is 1. The molecular formula is C11H14BrClN2O3. The smallest absolute Gasteiger partial charge is 0.256 e. The molecule has 0 aliphatic carbocycles. The van der Waals surface area contributed by atoms with Crippen LogP contribution in [0.3, 0.4) is 0 Å². The molecule has 18 heavy (non-hydrogen) atoms. The lowest BCUT2D eigenvalue weighted by molar-refractivity contribution is 0.0380. The Hall–Kier alpha value is -0.690. The highest BCUT2D eigenvalue weighted by atomic mass is 79.9. The average molecular weight is 338 g/mol. The quantitative estimate of drug-likeness (QED) is 0.829. The van der Waals surface area contributed by atoms with Crippen LogP contribution in [-0.4, -0.2) is 54.3 Å². The summed E-state index contributed by atoms with van der Waals surface area (Å²) in [5.41, 5.74) is 0.290. The van der Waals surface area contributed by atoms with Gasteiger partial charge < -0.3 is 14.7 Å². The van der Waals surface area contributed by atoms with Crippen molar-refractivity contribution in [1.29, 1.82) is 0 Å². The van der Waals surface area contributed by atoms with E-state index < -0.39 is 6.10 Å². The van der Waals surface area contributed by atoms with Gasteiger partial charge in [-0.3, -0.25) is 4.79 Å². The number of hydrogen-bond donors (Lipinski definition) is 1. The summed E-state index contributed by atoms with van der Waals surface area (Å²) in [6.07, 6.45) is 0.779. The fraction of sp³-hybridized carbons (Fsp3) is 0.455. The Labute approximate surface area is 119 Å². The molecule has 0 unspecified atom stereocenters. The SMILES string of the molecule is COC[C@@H](O)CN(C)C(=O)c1cc(Br)cnc1Cl. The lowest BCUT2D eigenvalue weighted by Gasteiger charge is -2.20. The Kier molecular flexibility index (Phi) is 6.01. The number of halogens is 2. The summed E-state index contributed by atoms with van der Waals surface area (Å²) >= 11 is 9.09. The molecule has 0 saturated carbocycles. The number of methoxy groups -OCH3 is 1. The molecule has 5 nitrogen and oxygen atoms in total. The second-order valence-corrected chi connectivity index (χ2v) is 5.06. The van der Waals surface area contributed by atoms with Crippen molar-refractivity contribution in [3.63, 3.8) is 0 Å². The van der Waals surface area contributed by atoms with E-state index in [0.717, 1.165) is 0 Å². The minimum Gasteiger partial charge on any atom is -0.389 e. The largest absolute Gasteiger partial charge is 0.389 e. The number of carbonyl (C=O) groups excluding carboxylic acids is 1. The number of nitrogens with zero attached hydrogens (tertiary/aromatic N) is 2. The average Bonchev–Trinajstić information content (AvgIpc) is 2.31. The first-order valence-electron chi connectivity index (χ1n) is 5.19. The molecule has 1 amide bonds. The molecule has 0 radical (unpaired) electrons. The van der Waals surface area contributed by atoms with Crippen LogP contribution in [0.15, 0.2) is 16.7 Å². The van der Waals surface area contributed by atoms with Gasteiger partial charge in [-0.25, -0.2) is 4.98 Å². The van der Waals surface area contributed by atoms with Crippen molar-refractivity contribution in [1.82, 2.24) is 9.88 Å². The number of ether oxygens (including phenoxy) is 1. The lowest BCUT2D eigenvalue weighted by atomic mass is 10.2. The van der Waals surface area contributed by atoms with Gasteiger partial charge in [-0.15, -0.1) is 0 Å². The minimum atomic E-state index is -0.733. The van der Waals surface area contributed by atoms with Crippen molar-refractivity contribution in [2.24, 2.45) is 0 Å². The van der Waals surface area contributed by atoms with Gasteiger partial charge in [0.15, 0.2) is 0 Å². The molecule has 0 bridgehead atoms. The maximum atomic E-state index is 12.1. The van der Waals surface area contributed by atoms with Crippen LogP contribution >= 0.6 is 27.5 Å². The molecule has 1 aromatic rings. The third-order valence-corrected chi connectivity index (χ3v) is 2.96. The summed E-state index contributed by atoms with van der Waals surface area (Å²) in [7, 11) is 3.07. The lowest BCUT2D eigenvalue weighted by Crippen LogP contribution is -2.36. The van der Waals surface area contributed by atoms with Crippen LogP contribution < -0.4 is 0 Å². The fourth-order valence-corrected chi connectivity index (χ4v) is 1.94. The van der Waals surface area contributed by atoms with Crippen molar-refractivity contribution in [3.8, 4) is 0 Å². The number of rotatable bonds is 5. The molecule has 1 N–H and O–H groups in total. The van der Waals surface area contributed by atoms with Crippen molar-refractivity contribution < 1.29 is 14.6 Å². The Balaban J connectivity index is 2.77. The predicted octanol–water partition coefficient (Wildman–Crippen LogP) is 1.58. The number of likely N-dealkylation sites (N-methyl/N-ethyl adjacent to an activating group) is 1. The zero-order chi connectivity index (χ0) is 13.7. The number of aromatic nitrogens is 1. The third kappa shape index (κ3) is 4.20. The van der Waals surface area contributed by atoms with Gasteiger partial charge in [-0.1, -0.05) is 11.6 Å². The molecule has 0 aromatic carbocycles. The van der Waals surface area contributed by atoms with Crippen LogP contribution in [0.5, 0.6) is 0 Å².